The van der Waals surface area contributed by atoms with Crippen molar-refractivity contribution in [1.29, 1.82) is 0 Å². The lowest BCUT2D eigenvalue weighted by molar-refractivity contribution is 0.590. The highest BCUT2D eigenvalue weighted by Crippen LogP contribution is 2.32. The lowest BCUT2D eigenvalue weighted by atomic mass is 9.86. The number of hydrogen-bond acceptors (Lipinski definition) is 2. The van der Waals surface area contributed by atoms with E-state index in [1.165, 1.54) is 6.07 Å². The molecule has 0 amide bonds. The number of benzene rings is 1. The molecule has 0 atom stereocenters. The molecule has 0 unspecified atom stereocenters. The van der Waals surface area contributed by atoms with Crippen molar-refractivity contribution in [3.63, 3.8) is 0 Å². The molecule has 0 spiro atoms. The average Bonchev–Trinajstić information content (AvgIpc) is 2.36. The number of hydrogen-bond donors (Lipinski definition) is 1. The van der Waals surface area contributed by atoms with Gasteiger partial charge in [-0.3, -0.25) is 0 Å². The standard InChI is InChI=1S/C16H20BrFN2/c1-5-6-19-15-11(16(2,3)4)7-10-8-12(17)13(18)9-14(10)20-15/h7-9H,5-6H2,1-4H3,(H,19,20). The molecule has 108 valence electrons. The molecule has 0 aliphatic rings. The fourth-order valence-electron chi connectivity index (χ4n) is 2.12. The van der Waals surface area contributed by atoms with Crippen LogP contribution in [0.4, 0.5) is 10.2 Å². The number of rotatable bonds is 3. The van der Waals surface area contributed by atoms with Gasteiger partial charge in [-0.1, -0.05) is 27.7 Å². The van der Waals surface area contributed by atoms with Crippen LogP contribution >= 0.6 is 15.9 Å². The first-order chi connectivity index (χ1) is 9.32. The third kappa shape index (κ3) is 3.11. The molecule has 1 aromatic heterocycles. The Morgan fingerprint density at radius 3 is 2.55 bits per heavy atom. The van der Waals surface area contributed by atoms with Crippen LogP contribution in [-0.4, -0.2) is 11.5 Å². The van der Waals surface area contributed by atoms with Crippen molar-refractivity contribution in [3.8, 4) is 0 Å². The molecule has 0 bridgehead atoms. The quantitative estimate of drug-likeness (QED) is 0.825. The third-order valence-corrected chi connectivity index (χ3v) is 3.81. The second-order valence-corrected chi connectivity index (χ2v) is 6.87. The maximum atomic E-state index is 13.7. The molecule has 1 aromatic carbocycles. The third-order valence-electron chi connectivity index (χ3n) is 3.21. The van der Waals surface area contributed by atoms with Crippen molar-refractivity contribution in [1.82, 2.24) is 4.98 Å². The Bertz CT molecular complexity index is 632. The van der Waals surface area contributed by atoms with Crippen molar-refractivity contribution >= 4 is 32.7 Å². The number of halogens is 2. The summed E-state index contributed by atoms with van der Waals surface area (Å²) in [5, 5.41) is 4.30. The van der Waals surface area contributed by atoms with Crippen LogP contribution < -0.4 is 5.32 Å². The van der Waals surface area contributed by atoms with Crippen molar-refractivity contribution in [2.75, 3.05) is 11.9 Å². The van der Waals surface area contributed by atoms with E-state index in [1.54, 1.807) is 6.07 Å². The molecule has 2 aromatic rings. The van der Waals surface area contributed by atoms with Crippen LogP contribution in [0.2, 0.25) is 0 Å². The van der Waals surface area contributed by atoms with Gasteiger partial charge >= 0.3 is 0 Å². The number of aromatic nitrogens is 1. The molecule has 2 rings (SSSR count). The minimum absolute atomic E-state index is 0.0157. The van der Waals surface area contributed by atoms with Crippen LogP contribution in [-0.2, 0) is 5.41 Å². The number of pyridine rings is 1. The van der Waals surface area contributed by atoms with E-state index < -0.39 is 0 Å². The zero-order valence-corrected chi connectivity index (χ0v) is 13.9. The van der Waals surface area contributed by atoms with Crippen LogP contribution in [0, 0.1) is 5.82 Å². The molecule has 0 saturated heterocycles. The Kier molecular flexibility index (Phi) is 4.33. The summed E-state index contributed by atoms with van der Waals surface area (Å²) in [5.74, 6) is 0.573. The molecule has 20 heavy (non-hydrogen) atoms. The average molecular weight is 339 g/mol. The Hall–Kier alpha value is -1.16. The predicted molar refractivity (Wildman–Crippen MR) is 86.9 cm³/mol. The minimum atomic E-state index is -0.282. The summed E-state index contributed by atoms with van der Waals surface area (Å²) in [5.41, 5.74) is 1.81. The molecular formula is C16H20BrFN2. The predicted octanol–water partition coefficient (Wildman–Crippen LogP) is 5.26. The molecule has 0 radical (unpaired) electrons. The van der Waals surface area contributed by atoms with Gasteiger partial charge in [-0.25, -0.2) is 9.37 Å². The number of anilines is 1. The molecular weight excluding hydrogens is 319 g/mol. The molecule has 0 aliphatic heterocycles. The van der Waals surface area contributed by atoms with E-state index in [2.05, 4.69) is 60.0 Å². The topological polar surface area (TPSA) is 24.9 Å². The zero-order valence-electron chi connectivity index (χ0n) is 12.3. The van der Waals surface area contributed by atoms with Gasteiger partial charge in [0.1, 0.15) is 11.6 Å². The fourth-order valence-corrected chi connectivity index (χ4v) is 2.48. The summed E-state index contributed by atoms with van der Waals surface area (Å²) in [6.45, 7) is 9.45. The first kappa shape index (κ1) is 15.2. The van der Waals surface area contributed by atoms with Gasteiger partial charge in [0.15, 0.2) is 0 Å². The lowest BCUT2D eigenvalue weighted by Crippen LogP contribution is -2.16. The number of nitrogens with one attached hydrogen (secondary N) is 1. The number of fused-ring (bicyclic) bond motifs is 1. The summed E-state index contributed by atoms with van der Waals surface area (Å²) < 4.78 is 14.1. The molecule has 1 heterocycles. The summed E-state index contributed by atoms with van der Waals surface area (Å²) >= 11 is 3.23. The van der Waals surface area contributed by atoms with Gasteiger partial charge in [-0.2, -0.15) is 0 Å². The monoisotopic (exact) mass is 338 g/mol. The Morgan fingerprint density at radius 2 is 1.95 bits per heavy atom. The van der Waals surface area contributed by atoms with E-state index in [-0.39, 0.29) is 11.2 Å². The summed E-state index contributed by atoms with van der Waals surface area (Å²) in [7, 11) is 0. The van der Waals surface area contributed by atoms with Crippen molar-refractivity contribution < 1.29 is 4.39 Å². The number of nitrogens with zero attached hydrogens (tertiary/aromatic N) is 1. The minimum Gasteiger partial charge on any atom is -0.370 e. The molecule has 2 nitrogen and oxygen atoms in total. The molecule has 1 N–H and O–H groups in total. The Balaban J connectivity index is 2.64. The first-order valence-electron chi connectivity index (χ1n) is 6.87. The van der Waals surface area contributed by atoms with Crippen molar-refractivity contribution in [2.45, 2.75) is 39.5 Å². The highest BCUT2D eigenvalue weighted by Gasteiger charge is 2.20. The van der Waals surface area contributed by atoms with E-state index in [0.717, 1.165) is 29.7 Å². The Labute approximate surface area is 127 Å². The zero-order chi connectivity index (χ0) is 14.9. The van der Waals surface area contributed by atoms with E-state index in [1.807, 2.05) is 0 Å². The first-order valence-corrected chi connectivity index (χ1v) is 7.66. The molecule has 0 saturated carbocycles. The van der Waals surface area contributed by atoms with Gasteiger partial charge in [0.05, 0.1) is 9.99 Å². The largest absolute Gasteiger partial charge is 0.370 e. The second kappa shape index (κ2) is 5.68. The van der Waals surface area contributed by atoms with E-state index in [0.29, 0.717) is 9.99 Å². The lowest BCUT2D eigenvalue weighted by Gasteiger charge is -2.23. The van der Waals surface area contributed by atoms with Gasteiger partial charge in [0.2, 0.25) is 0 Å². The maximum Gasteiger partial charge on any atom is 0.139 e. The van der Waals surface area contributed by atoms with Crippen LogP contribution in [0.25, 0.3) is 10.9 Å². The normalized spacial score (nSPS) is 11.9. The smallest absolute Gasteiger partial charge is 0.139 e. The summed E-state index contributed by atoms with van der Waals surface area (Å²) in [4.78, 5) is 4.61. The van der Waals surface area contributed by atoms with E-state index in [9.17, 15) is 4.39 Å². The van der Waals surface area contributed by atoms with Gasteiger partial charge < -0.3 is 5.32 Å². The molecule has 4 heteroatoms. The van der Waals surface area contributed by atoms with Crippen LogP contribution in [0.5, 0.6) is 0 Å². The van der Waals surface area contributed by atoms with Crippen LogP contribution in [0.1, 0.15) is 39.7 Å². The van der Waals surface area contributed by atoms with Crippen LogP contribution in [0.15, 0.2) is 22.7 Å². The van der Waals surface area contributed by atoms with Gasteiger partial charge in [0, 0.05) is 23.6 Å². The van der Waals surface area contributed by atoms with E-state index in [4.69, 9.17) is 0 Å². The highest BCUT2D eigenvalue weighted by atomic mass is 79.9. The maximum absolute atomic E-state index is 13.7. The fraction of sp³-hybridized carbons (Fsp3) is 0.438. The van der Waals surface area contributed by atoms with Crippen molar-refractivity contribution in [2.24, 2.45) is 0 Å². The Morgan fingerprint density at radius 1 is 1.25 bits per heavy atom. The summed E-state index contributed by atoms with van der Waals surface area (Å²) in [6.07, 6.45) is 1.03. The van der Waals surface area contributed by atoms with E-state index >= 15 is 0 Å². The SMILES string of the molecule is CCCNc1nc2cc(F)c(Br)cc2cc1C(C)(C)C. The van der Waals surface area contributed by atoms with Crippen molar-refractivity contribution in [3.05, 3.63) is 34.1 Å². The second-order valence-electron chi connectivity index (χ2n) is 6.02. The van der Waals surface area contributed by atoms with Crippen LogP contribution in [0.3, 0.4) is 0 Å². The highest BCUT2D eigenvalue weighted by molar-refractivity contribution is 9.10. The summed E-state index contributed by atoms with van der Waals surface area (Å²) in [6, 6.07) is 5.37. The van der Waals surface area contributed by atoms with Gasteiger partial charge in [0.25, 0.3) is 0 Å². The molecule has 0 aliphatic carbocycles. The van der Waals surface area contributed by atoms with Gasteiger partial charge in [-0.05, 0) is 39.9 Å². The van der Waals surface area contributed by atoms with Gasteiger partial charge in [-0.15, -0.1) is 0 Å². The molecule has 0 fully saturated rings.